The number of fused-ring (bicyclic) bond motifs is 1. The fraction of sp³-hybridized carbons (Fsp3) is 0.300. The molecule has 0 N–H and O–H groups in total. The van der Waals surface area contributed by atoms with E-state index in [1.54, 1.807) is 11.3 Å². The Labute approximate surface area is 151 Å². The minimum atomic E-state index is 0.0681. The highest BCUT2D eigenvalue weighted by molar-refractivity contribution is 7.13. The first kappa shape index (κ1) is 16.2. The van der Waals surface area contributed by atoms with Crippen molar-refractivity contribution < 1.29 is 9.53 Å². The van der Waals surface area contributed by atoms with Gasteiger partial charge in [0.1, 0.15) is 0 Å². The molecule has 1 aliphatic heterocycles. The van der Waals surface area contributed by atoms with E-state index in [1.807, 2.05) is 28.5 Å². The summed E-state index contributed by atoms with van der Waals surface area (Å²) in [5.74, 6) is 0.0681. The molecule has 3 aromatic rings. The Morgan fingerprint density at radius 1 is 1.20 bits per heavy atom. The minimum absolute atomic E-state index is 0.0681. The Morgan fingerprint density at radius 2 is 2.00 bits per heavy atom. The van der Waals surface area contributed by atoms with Gasteiger partial charge in [0, 0.05) is 18.5 Å². The van der Waals surface area contributed by atoms with Crippen LogP contribution >= 0.6 is 11.3 Å². The van der Waals surface area contributed by atoms with Gasteiger partial charge in [0.25, 0.3) is 5.91 Å². The maximum atomic E-state index is 13.2. The number of carbonyl (C=O) groups excluding carboxylic acids is 1. The molecule has 0 spiro atoms. The summed E-state index contributed by atoms with van der Waals surface area (Å²) < 4.78 is 5.39. The molecule has 1 amide bonds. The second-order valence-corrected chi connectivity index (χ2v) is 7.36. The second kappa shape index (κ2) is 6.58. The largest absolute Gasteiger partial charge is 0.378 e. The molecule has 25 heavy (non-hydrogen) atoms. The number of amides is 1. The van der Waals surface area contributed by atoms with E-state index < -0.39 is 0 Å². The van der Waals surface area contributed by atoms with Gasteiger partial charge in [-0.25, -0.2) is 4.98 Å². The quantitative estimate of drug-likeness (QED) is 0.699. The highest BCUT2D eigenvalue weighted by Gasteiger charge is 2.22. The monoisotopic (exact) mass is 352 g/mol. The number of ether oxygens (including phenoxy) is 1. The molecule has 128 valence electrons. The van der Waals surface area contributed by atoms with Gasteiger partial charge in [-0.1, -0.05) is 17.7 Å². The molecule has 1 saturated heterocycles. The zero-order chi connectivity index (χ0) is 17.4. The molecular weight excluding hydrogens is 332 g/mol. The van der Waals surface area contributed by atoms with E-state index in [0.717, 1.165) is 38.2 Å². The van der Waals surface area contributed by atoms with Crippen molar-refractivity contribution in [1.29, 1.82) is 0 Å². The fourth-order valence-electron chi connectivity index (χ4n) is 3.35. The molecule has 0 aliphatic carbocycles. The van der Waals surface area contributed by atoms with E-state index in [9.17, 15) is 4.79 Å². The first-order valence-electron chi connectivity index (χ1n) is 8.46. The van der Waals surface area contributed by atoms with Crippen LogP contribution in [0.4, 0.5) is 0 Å². The Balaban J connectivity index is 1.92. The lowest BCUT2D eigenvalue weighted by Gasteiger charge is -2.27. The number of morpholine rings is 1. The van der Waals surface area contributed by atoms with Crippen LogP contribution in [0.3, 0.4) is 0 Å². The number of carbonyl (C=O) groups is 1. The standard InChI is InChI=1S/C20H20N2O2S/c1-13-10-14(2)19-15(11-13)16(20(23)22-5-7-24-8-6-22)12-17(21-19)18-4-3-9-25-18/h3-4,9-12H,5-8H2,1-2H3. The van der Waals surface area contributed by atoms with E-state index in [4.69, 9.17) is 9.72 Å². The summed E-state index contributed by atoms with van der Waals surface area (Å²) in [7, 11) is 0. The summed E-state index contributed by atoms with van der Waals surface area (Å²) in [5.41, 5.74) is 4.76. The average molecular weight is 352 g/mol. The lowest BCUT2D eigenvalue weighted by Crippen LogP contribution is -2.40. The van der Waals surface area contributed by atoms with Crippen LogP contribution in [0.1, 0.15) is 21.5 Å². The maximum Gasteiger partial charge on any atom is 0.254 e. The van der Waals surface area contributed by atoms with Crippen molar-refractivity contribution in [2.75, 3.05) is 26.3 Å². The predicted molar refractivity (Wildman–Crippen MR) is 101 cm³/mol. The van der Waals surface area contributed by atoms with Gasteiger partial charge >= 0.3 is 0 Å². The molecule has 4 nitrogen and oxygen atoms in total. The van der Waals surface area contributed by atoms with E-state index in [-0.39, 0.29) is 5.91 Å². The Hall–Kier alpha value is -2.24. The third-order valence-electron chi connectivity index (χ3n) is 4.55. The summed E-state index contributed by atoms with van der Waals surface area (Å²) in [6.45, 7) is 6.60. The number of hydrogen-bond acceptors (Lipinski definition) is 4. The molecule has 4 rings (SSSR count). The predicted octanol–water partition coefficient (Wildman–Crippen LogP) is 4.05. The third-order valence-corrected chi connectivity index (χ3v) is 5.44. The van der Waals surface area contributed by atoms with E-state index in [2.05, 4.69) is 26.0 Å². The number of benzene rings is 1. The van der Waals surface area contributed by atoms with E-state index in [0.29, 0.717) is 26.3 Å². The van der Waals surface area contributed by atoms with E-state index >= 15 is 0 Å². The second-order valence-electron chi connectivity index (χ2n) is 6.41. The van der Waals surface area contributed by atoms with Crippen LogP contribution in [-0.2, 0) is 4.74 Å². The number of thiophene rings is 1. The summed E-state index contributed by atoms with van der Waals surface area (Å²) in [6, 6.07) is 10.2. The van der Waals surface area contributed by atoms with Crippen molar-refractivity contribution in [2.45, 2.75) is 13.8 Å². The summed E-state index contributed by atoms with van der Waals surface area (Å²) in [4.78, 5) is 21.0. The molecule has 0 unspecified atom stereocenters. The smallest absolute Gasteiger partial charge is 0.254 e. The summed E-state index contributed by atoms with van der Waals surface area (Å²) in [5, 5.41) is 2.97. The van der Waals surface area contributed by atoms with Gasteiger partial charge in [-0.15, -0.1) is 11.3 Å². The molecule has 0 saturated carbocycles. The van der Waals surface area contributed by atoms with Crippen molar-refractivity contribution in [3.8, 4) is 10.6 Å². The molecule has 5 heteroatoms. The fourth-order valence-corrected chi connectivity index (χ4v) is 4.03. The number of pyridine rings is 1. The number of aromatic nitrogens is 1. The van der Waals surface area contributed by atoms with Crippen molar-refractivity contribution in [2.24, 2.45) is 0 Å². The third kappa shape index (κ3) is 3.05. The maximum absolute atomic E-state index is 13.2. The molecule has 1 aliphatic rings. The van der Waals surface area contributed by atoms with Crippen LogP contribution in [0, 0.1) is 13.8 Å². The Kier molecular flexibility index (Phi) is 4.27. The SMILES string of the molecule is Cc1cc(C)c2nc(-c3cccs3)cc(C(=O)N3CCOCC3)c2c1. The van der Waals surface area contributed by atoms with Crippen molar-refractivity contribution in [3.05, 3.63) is 52.4 Å². The molecular formula is C20H20N2O2S. The average Bonchev–Trinajstić information content (AvgIpc) is 3.16. The Morgan fingerprint density at radius 3 is 2.72 bits per heavy atom. The van der Waals surface area contributed by atoms with Gasteiger partial charge in [-0.2, -0.15) is 0 Å². The highest BCUT2D eigenvalue weighted by Crippen LogP contribution is 2.30. The van der Waals surface area contributed by atoms with Crippen LogP contribution in [0.25, 0.3) is 21.5 Å². The van der Waals surface area contributed by atoms with Crippen LogP contribution in [0.2, 0.25) is 0 Å². The summed E-state index contributed by atoms with van der Waals surface area (Å²) in [6.07, 6.45) is 0. The van der Waals surface area contributed by atoms with Gasteiger partial charge in [-0.3, -0.25) is 4.79 Å². The van der Waals surface area contributed by atoms with Crippen LogP contribution in [-0.4, -0.2) is 42.1 Å². The zero-order valence-corrected chi connectivity index (χ0v) is 15.2. The van der Waals surface area contributed by atoms with E-state index in [1.165, 1.54) is 0 Å². The Bertz CT molecular complexity index is 929. The molecule has 1 aromatic carbocycles. The molecule has 0 bridgehead atoms. The highest BCUT2D eigenvalue weighted by atomic mass is 32.1. The molecule has 2 aromatic heterocycles. The lowest BCUT2D eigenvalue weighted by atomic mass is 10.0. The van der Waals surface area contributed by atoms with Gasteiger partial charge in [0.15, 0.2) is 0 Å². The molecule has 1 fully saturated rings. The summed E-state index contributed by atoms with van der Waals surface area (Å²) >= 11 is 1.64. The van der Waals surface area contributed by atoms with Gasteiger partial charge in [0.05, 0.1) is 34.9 Å². The number of rotatable bonds is 2. The first-order chi connectivity index (χ1) is 12.1. The number of hydrogen-bond donors (Lipinski definition) is 0. The van der Waals surface area contributed by atoms with Crippen LogP contribution in [0.5, 0.6) is 0 Å². The van der Waals surface area contributed by atoms with Gasteiger partial charge < -0.3 is 9.64 Å². The van der Waals surface area contributed by atoms with Crippen LogP contribution in [0.15, 0.2) is 35.7 Å². The van der Waals surface area contributed by atoms with Crippen molar-refractivity contribution in [1.82, 2.24) is 9.88 Å². The topological polar surface area (TPSA) is 42.4 Å². The minimum Gasteiger partial charge on any atom is -0.378 e. The molecule has 0 atom stereocenters. The van der Waals surface area contributed by atoms with Crippen molar-refractivity contribution >= 4 is 28.1 Å². The number of aryl methyl sites for hydroxylation is 2. The molecule has 0 radical (unpaired) electrons. The number of nitrogens with zero attached hydrogens (tertiary/aromatic N) is 2. The van der Waals surface area contributed by atoms with Gasteiger partial charge in [-0.05, 0) is 43.0 Å². The van der Waals surface area contributed by atoms with Crippen molar-refractivity contribution in [3.63, 3.8) is 0 Å². The zero-order valence-electron chi connectivity index (χ0n) is 14.4. The molecule has 3 heterocycles. The van der Waals surface area contributed by atoms with Crippen LogP contribution < -0.4 is 0 Å². The normalized spacial score (nSPS) is 14.9. The van der Waals surface area contributed by atoms with Gasteiger partial charge in [0.2, 0.25) is 0 Å². The lowest BCUT2D eigenvalue weighted by molar-refractivity contribution is 0.0304. The first-order valence-corrected chi connectivity index (χ1v) is 9.34.